The summed E-state index contributed by atoms with van der Waals surface area (Å²) in [6.45, 7) is 0. The average molecular weight is 561 g/mol. The number of rotatable bonds is 0. The van der Waals surface area contributed by atoms with E-state index in [0.717, 1.165) is 0 Å². The summed E-state index contributed by atoms with van der Waals surface area (Å²) in [5.74, 6) is 0. The van der Waals surface area contributed by atoms with Gasteiger partial charge in [0.25, 0.3) is 0 Å². The molecule has 0 bridgehead atoms. The van der Waals surface area contributed by atoms with Gasteiger partial charge in [-0.1, -0.05) is 0 Å². The second-order valence-corrected chi connectivity index (χ2v) is 2.32. The van der Waals surface area contributed by atoms with Crippen molar-refractivity contribution < 1.29 is 10.2 Å². The normalized spacial score (nSPS) is 5.25. The van der Waals surface area contributed by atoms with Crippen LogP contribution in [0.5, 0.6) is 0 Å². The van der Waals surface area contributed by atoms with Crippen LogP contribution >= 0.6 is 0 Å². The minimum absolute atomic E-state index is 0. The van der Waals surface area contributed by atoms with Gasteiger partial charge in [-0.2, -0.15) is 0 Å². The zero-order valence-corrected chi connectivity index (χ0v) is 11.9. The summed E-state index contributed by atoms with van der Waals surface area (Å²) in [6, 6.07) is 0. The maximum absolute atomic E-state index is 9.82. The van der Waals surface area contributed by atoms with Gasteiger partial charge in [-0.3, -0.25) is 0 Å². The van der Waals surface area contributed by atoms with Gasteiger partial charge >= 0.3 is 144 Å². The molecular formula is CH6Ca2O3Pb2. The molecule has 0 aliphatic rings. The molecule has 8 heavy (non-hydrogen) atoms. The van der Waals surface area contributed by atoms with E-state index in [4.69, 9.17) is 0 Å². The van der Waals surface area contributed by atoms with Gasteiger partial charge in [0.05, 0.1) is 0 Å². The molecule has 0 fully saturated rings. The molecule has 0 N–H and O–H groups in total. The van der Waals surface area contributed by atoms with Crippen LogP contribution in [0.3, 0.4) is 0 Å². The predicted octanol–water partition coefficient (Wildman–Crippen LogP) is -3.06. The van der Waals surface area contributed by atoms with Crippen LogP contribution in [0.25, 0.3) is 0 Å². The molecule has 7 heteroatoms. The standard InChI is InChI=1S/CH2O3.2Ca.2Pb.6H/c2-1(3)4;;;;;;;;;;/h(H2,2,3,4);;;;;;;;;;/q;;;2*+1;;;;;;/p-2. The molecule has 0 aliphatic heterocycles. The first-order valence-electron chi connectivity index (χ1n) is 1.08. The van der Waals surface area contributed by atoms with Gasteiger partial charge in [-0.25, -0.2) is 0 Å². The van der Waals surface area contributed by atoms with Gasteiger partial charge in [0.15, 0.2) is 0 Å². The van der Waals surface area contributed by atoms with Gasteiger partial charge in [0.2, 0.25) is 0 Å². The van der Waals surface area contributed by atoms with Crippen molar-refractivity contribution in [2.24, 2.45) is 0 Å². The second-order valence-electron chi connectivity index (χ2n) is 0.486. The topological polar surface area (TPSA) is 35.5 Å². The van der Waals surface area contributed by atoms with Crippen molar-refractivity contribution in [1.82, 2.24) is 0 Å². The van der Waals surface area contributed by atoms with E-state index in [2.05, 4.69) is 5.37 Å². The third kappa shape index (κ3) is 12.3. The van der Waals surface area contributed by atoms with Crippen molar-refractivity contribution in [3.63, 3.8) is 0 Å². The Kier molecular flexibility index (Phi) is 29.2. The molecule has 0 aromatic heterocycles. The van der Waals surface area contributed by atoms with E-state index >= 15 is 0 Å². The van der Waals surface area contributed by atoms with Crippen LogP contribution in [0.1, 0.15) is 0 Å². The summed E-state index contributed by atoms with van der Waals surface area (Å²) in [5, 5.41) is 0. The fourth-order valence-corrected chi connectivity index (χ4v) is 2.14. The van der Waals surface area contributed by atoms with E-state index in [1.807, 2.05) is 0 Å². The van der Waals surface area contributed by atoms with Gasteiger partial charge in [0, 0.05) is 0 Å². The molecule has 0 heterocycles. The van der Waals surface area contributed by atoms with E-state index in [9.17, 15) is 4.79 Å². The van der Waals surface area contributed by atoms with Gasteiger partial charge in [0.1, 0.15) is 0 Å². The van der Waals surface area contributed by atoms with Crippen molar-refractivity contribution >= 4 is 134 Å². The third-order valence-corrected chi connectivity index (χ3v) is 1.69. The number of hydrogen-bond acceptors (Lipinski definition) is 3. The summed E-state index contributed by atoms with van der Waals surface area (Å²) in [4.78, 5) is 9.82. The number of carbonyl (C=O) groups is 1. The Hall–Kier alpha value is 3.63. The molecule has 0 rings (SSSR count). The van der Waals surface area contributed by atoms with Crippen molar-refractivity contribution in [3.05, 3.63) is 0 Å². The van der Waals surface area contributed by atoms with Crippen LogP contribution in [-0.4, -0.2) is 134 Å². The average Bonchev–Trinajstić information content (AvgIpc) is 1.65. The van der Waals surface area contributed by atoms with E-state index in [-0.39, 0.29) is 128 Å². The van der Waals surface area contributed by atoms with Crippen LogP contribution in [0.15, 0.2) is 0 Å². The number of hydrogen-bond donors (Lipinski definition) is 0. The Morgan fingerprint density at radius 1 is 1.12 bits per heavy atom. The maximum atomic E-state index is 9.82. The molecule has 0 saturated heterocycles. The quantitative estimate of drug-likeness (QED) is 0.296. The van der Waals surface area contributed by atoms with E-state index in [1.165, 1.54) is 0 Å². The van der Waals surface area contributed by atoms with Gasteiger partial charge in [-0.15, -0.1) is 0 Å². The van der Waals surface area contributed by atoms with Crippen molar-refractivity contribution in [2.45, 2.75) is 0 Å². The zero-order valence-electron chi connectivity index (χ0n) is 2.88. The molecule has 0 unspecified atom stereocenters. The molecule has 3 nitrogen and oxygen atoms in total. The van der Waals surface area contributed by atoms with E-state index < -0.39 is 6.16 Å². The fraction of sp³-hybridized carbons (Fsp3) is 0. The minimum atomic E-state index is -0.509. The molecule has 0 aromatic rings. The van der Waals surface area contributed by atoms with Gasteiger partial charge in [-0.05, 0) is 0 Å². The summed E-state index contributed by atoms with van der Waals surface area (Å²) >= 11 is 0.530. The van der Waals surface area contributed by atoms with Crippen LogP contribution in [0.2, 0.25) is 0 Å². The monoisotopic (exact) mass is 562 g/mol. The summed E-state index contributed by atoms with van der Waals surface area (Å²) in [5.41, 5.74) is 0. The third-order valence-electron chi connectivity index (χ3n) is 0.192. The van der Waals surface area contributed by atoms with Crippen molar-refractivity contribution in [3.8, 4) is 0 Å². The molecule has 0 spiro atoms. The van der Waals surface area contributed by atoms with Crippen LogP contribution in [-0.2, 0) is 5.37 Å². The Morgan fingerprint density at radius 3 is 1.38 bits per heavy atom. The first-order chi connectivity index (χ1) is 2.81. The Bertz CT molecular complexity index is 53.2. The second kappa shape index (κ2) is 13.2. The SMILES string of the molecule is O=C([O][PbH])[O][PbH].[CaH2].[CaH2]. The fourth-order valence-electron chi connectivity index (χ4n) is 0.0278. The molecule has 0 aliphatic carbocycles. The summed E-state index contributed by atoms with van der Waals surface area (Å²) in [6.07, 6.45) is -0.509. The molecule has 0 aromatic carbocycles. The molecule has 0 saturated carbocycles. The predicted molar refractivity (Wildman–Crippen MR) is 39.0 cm³/mol. The van der Waals surface area contributed by atoms with Gasteiger partial charge < -0.3 is 0 Å². The summed E-state index contributed by atoms with van der Waals surface area (Å²) in [7, 11) is 0. The van der Waals surface area contributed by atoms with Crippen molar-refractivity contribution in [1.29, 1.82) is 0 Å². The number of carbonyl (C=O) groups excluding carboxylic acids is 1. The van der Waals surface area contributed by atoms with E-state index in [0.29, 0.717) is 0 Å². The molecular weight excluding hydrogens is 555 g/mol. The molecule has 0 atom stereocenters. The Labute approximate surface area is 140 Å². The summed E-state index contributed by atoms with van der Waals surface area (Å²) < 4.78 is 8.49. The Morgan fingerprint density at radius 2 is 1.38 bits per heavy atom. The first kappa shape index (κ1) is 17.6. The molecule has 0 amide bonds. The first-order valence-corrected chi connectivity index (χ1v) is 4.75. The molecule has 40 valence electrons. The van der Waals surface area contributed by atoms with Crippen LogP contribution in [0.4, 0.5) is 4.79 Å². The van der Waals surface area contributed by atoms with Crippen LogP contribution in [0, 0.1) is 0 Å². The van der Waals surface area contributed by atoms with E-state index in [1.54, 1.807) is 0 Å². The Balaban J connectivity index is -0.000000125. The molecule has 4 radical (unpaired) electrons. The van der Waals surface area contributed by atoms with Crippen LogP contribution < -0.4 is 0 Å². The zero-order chi connectivity index (χ0) is 4.99. The van der Waals surface area contributed by atoms with Crippen molar-refractivity contribution in [2.75, 3.05) is 0 Å².